The molecular formula is C30H42N6O6Si4. The zero-order valence-corrected chi connectivity index (χ0v) is 31.7. The largest absolute Gasteiger partial charge is 0.451 e. The van der Waals surface area contributed by atoms with Gasteiger partial charge in [0.25, 0.3) is 0 Å². The van der Waals surface area contributed by atoms with Crippen LogP contribution in [0.4, 0.5) is 0 Å². The van der Waals surface area contributed by atoms with Gasteiger partial charge in [-0.3, -0.25) is 0 Å². The topological polar surface area (TPSA) is 131 Å². The third-order valence-electron chi connectivity index (χ3n) is 9.51. The van der Waals surface area contributed by atoms with Crippen molar-refractivity contribution in [3.8, 4) is 0 Å². The molecule has 0 amide bonds. The second-order valence-electron chi connectivity index (χ2n) is 14.8. The molecule has 5 aliphatic heterocycles. The molecule has 0 aromatic carbocycles. The molecule has 0 saturated carbocycles. The second kappa shape index (κ2) is 11.3. The van der Waals surface area contributed by atoms with Gasteiger partial charge in [-0.05, 0) is 76.6 Å². The average Bonchev–Trinajstić information content (AvgIpc) is 3.82. The maximum absolute atomic E-state index is 7.02. The SMILES string of the molecule is C[Si]1(C)O[Si](C)(C)[C@@H]2CC(=NO2)c2cccc(n2)C2=NO[C@@H](C2)[Si](C)(C)O[Si](C)(C)[C@@H]2CC(=NO2)c2cccc(n2)C2=NO[C@H]1C2. The van der Waals surface area contributed by atoms with Gasteiger partial charge in [-0.15, -0.1) is 0 Å². The first kappa shape index (κ1) is 31.6. The fourth-order valence-electron chi connectivity index (χ4n) is 6.74. The van der Waals surface area contributed by atoms with E-state index in [9.17, 15) is 0 Å². The van der Waals surface area contributed by atoms with Crippen molar-refractivity contribution in [2.24, 2.45) is 20.6 Å². The number of pyridine rings is 2. The molecule has 7 rings (SSSR count). The van der Waals surface area contributed by atoms with Crippen LogP contribution in [0.5, 0.6) is 0 Å². The minimum absolute atomic E-state index is 0.142. The molecule has 0 unspecified atom stereocenters. The maximum atomic E-state index is 7.02. The van der Waals surface area contributed by atoms with Gasteiger partial charge in [0.2, 0.25) is 33.3 Å². The van der Waals surface area contributed by atoms with Gasteiger partial charge in [0.1, 0.15) is 45.8 Å². The smallest absolute Gasteiger partial charge is 0.221 e. The Hall–Kier alpha value is -3.03. The van der Waals surface area contributed by atoms with Gasteiger partial charge in [-0.25, -0.2) is 9.97 Å². The lowest BCUT2D eigenvalue weighted by Gasteiger charge is -2.38. The summed E-state index contributed by atoms with van der Waals surface area (Å²) in [6.07, 6.45) is 2.54. The van der Waals surface area contributed by atoms with E-state index in [1.54, 1.807) is 0 Å². The molecule has 244 valence electrons. The van der Waals surface area contributed by atoms with Crippen molar-refractivity contribution in [3.63, 3.8) is 0 Å². The fourth-order valence-corrected chi connectivity index (χ4v) is 23.7. The van der Waals surface area contributed by atoms with Gasteiger partial charge < -0.3 is 27.6 Å². The lowest BCUT2D eigenvalue weighted by molar-refractivity contribution is 0.111. The number of hydrogen-bond acceptors (Lipinski definition) is 12. The molecule has 12 bridgehead atoms. The molecule has 0 aliphatic carbocycles. The Morgan fingerprint density at radius 3 is 0.913 bits per heavy atom. The minimum Gasteiger partial charge on any atom is -0.451 e. The predicted molar refractivity (Wildman–Crippen MR) is 185 cm³/mol. The molecule has 16 heteroatoms. The number of nitrogens with zero attached hydrogens (tertiary/aromatic N) is 6. The van der Waals surface area contributed by atoms with Crippen LogP contribution in [-0.2, 0) is 27.6 Å². The van der Waals surface area contributed by atoms with Gasteiger partial charge in [0.05, 0.1) is 22.8 Å². The molecular weight excluding hydrogens is 653 g/mol. The quantitative estimate of drug-likeness (QED) is 0.345. The molecule has 0 radical (unpaired) electrons. The van der Waals surface area contributed by atoms with E-state index in [0.717, 1.165) is 45.6 Å². The Labute approximate surface area is 273 Å². The highest BCUT2D eigenvalue weighted by Gasteiger charge is 2.51. The predicted octanol–water partition coefficient (Wildman–Crippen LogP) is 5.17. The van der Waals surface area contributed by atoms with Crippen molar-refractivity contribution in [3.05, 3.63) is 59.2 Å². The zero-order chi connectivity index (χ0) is 32.5. The summed E-state index contributed by atoms with van der Waals surface area (Å²) in [5.41, 5.74) is 5.83. The van der Waals surface area contributed by atoms with Gasteiger partial charge in [-0.1, -0.05) is 32.8 Å². The summed E-state index contributed by atoms with van der Waals surface area (Å²) in [7, 11) is -9.54. The summed E-state index contributed by atoms with van der Waals surface area (Å²) < 4.78 is 14.0. The van der Waals surface area contributed by atoms with Crippen LogP contribution >= 0.6 is 0 Å². The van der Waals surface area contributed by atoms with Crippen LogP contribution in [-0.4, -0.2) is 89.0 Å². The van der Waals surface area contributed by atoms with Crippen molar-refractivity contribution >= 4 is 56.1 Å². The Bertz CT molecular complexity index is 1450. The molecule has 0 fully saturated rings. The van der Waals surface area contributed by atoms with E-state index in [2.05, 4.69) is 73.0 Å². The van der Waals surface area contributed by atoms with Gasteiger partial charge in [0, 0.05) is 25.7 Å². The fraction of sp³-hybridized carbons (Fsp3) is 0.533. The summed E-state index contributed by atoms with van der Waals surface area (Å²) in [4.78, 5) is 34.1. The molecule has 2 aromatic rings. The van der Waals surface area contributed by atoms with E-state index >= 15 is 0 Å². The Morgan fingerprint density at radius 2 is 0.674 bits per heavy atom. The van der Waals surface area contributed by atoms with E-state index in [0.29, 0.717) is 25.7 Å². The van der Waals surface area contributed by atoms with E-state index in [1.165, 1.54) is 0 Å². The van der Waals surface area contributed by atoms with Crippen molar-refractivity contribution in [1.82, 2.24) is 9.97 Å². The van der Waals surface area contributed by atoms with E-state index in [1.807, 2.05) is 36.4 Å². The maximum Gasteiger partial charge on any atom is 0.221 e. The Kier molecular flexibility index (Phi) is 7.75. The number of hydrogen-bond donors (Lipinski definition) is 0. The van der Waals surface area contributed by atoms with Gasteiger partial charge in [0.15, 0.2) is 0 Å². The lowest BCUT2D eigenvalue weighted by Crippen LogP contribution is -2.57. The first-order valence-electron chi connectivity index (χ1n) is 16.0. The summed E-state index contributed by atoms with van der Waals surface area (Å²) in [5, 5.41) is 18.0. The monoisotopic (exact) mass is 694 g/mol. The van der Waals surface area contributed by atoms with Crippen molar-refractivity contribution in [2.75, 3.05) is 0 Å². The summed E-state index contributed by atoms with van der Waals surface area (Å²) >= 11 is 0. The van der Waals surface area contributed by atoms with Crippen LogP contribution in [0.2, 0.25) is 52.4 Å². The van der Waals surface area contributed by atoms with Gasteiger partial charge in [-0.2, -0.15) is 0 Å². The van der Waals surface area contributed by atoms with Crippen LogP contribution in [0.1, 0.15) is 48.5 Å². The molecule has 12 nitrogen and oxygen atoms in total. The highest BCUT2D eigenvalue weighted by Crippen LogP contribution is 2.34. The lowest BCUT2D eigenvalue weighted by atomic mass is 10.1. The van der Waals surface area contributed by atoms with Crippen LogP contribution in [0.3, 0.4) is 0 Å². The molecule has 0 N–H and O–H groups in total. The van der Waals surface area contributed by atoms with Crippen molar-refractivity contribution in [1.29, 1.82) is 0 Å². The molecule has 0 saturated heterocycles. The van der Waals surface area contributed by atoms with Crippen LogP contribution in [0, 0.1) is 0 Å². The highest BCUT2D eigenvalue weighted by atomic mass is 28.4. The van der Waals surface area contributed by atoms with E-state index < -0.39 is 33.3 Å². The number of oxime groups is 4. The van der Waals surface area contributed by atoms with Crippen LogP contribution in [0.15, 0.2) is 57.0 Å². The molecule has 0 spiro atoms. The molecule has 4 atom stereocenters. The average molecular weight is 695 g/mol. The minimum atomic E-state index is -2.39. The van der Waals surface area contributed by atoms with Crippen molar-refractivity contribution in [2.45, 2.75) is 101 Å². The normalized spacial score (nSPS) is 30.3. The standard InChI is InChI=1S/C30H42N6O6Si4/c1-43(2)27-15-23(33-37-27)19-11-9-12-21(31-19)25-17-29(39-35-25)45(5,6)42-46(7,8)30-18-26(36-40-30)22-14-10-13-20(32-22)24-16-28(38-34-24)44(3,4)41-43/h9-14,27-30H,15-18H2,1-8H3/t27-,28-,29-,30-/m1/s1. The van der Waals surface area contributed by atoms with E-state index in [4.69, 9.17) is 37.5 Å². The third-order valence-corrected chi connectivity index (χ3v) is 25.4. The molecule has 2 aromatic heterocycles. The van der Waals surface area contributed by atoms with Crippen LogP contribution < -0.4 is 0 Å². The number of fused-ring (bicyclic) bond motifs is 16. The molecule has 46 heavy (non-hydrogen) atoms. The molecule has 7 heterocycles. The van der Waals surface area contributed by atoms with Gasteiger partial charge >= 0.3 is 0 Å². The first-order chi connectivity index (χ1) is 21.7. The zero-order valence-electron chi connectivity index (χ0n) is 27.7. The summed E-state index contributed by atoms with van der Waals surface area (Å²) in [5.74, 6) is 0. The second-order valence-corrected chi connectivity index (χ2v) is 31.8. The van der Waals surface area contributed by atoms with Crippen LogP contribution in [0.25, 0.3) is 0 Å². The highest BCUT2D eigenvalue weighted by molar-refractivity contribution is 6.87. The van der Waals surface area contributed by atoms with E-state index in [-0.39, 0.29) is 22.9 Å². The number of aromatic nitrogens is 2. The Balaban J connectivity index is 1.20. The van der Waals surface area contributed by atoms with Crippen molar-refractivity contribution < 1.29 is 27.6 Å². The number of rotatable bonds is 0. The third kappa shape index (κ3) is 5.94. The first-order valence-corrected chi connectivity index (χ1v) is 27.9. The molecule has 5 aliphatic rings. The summed E-state index contributed by atoms with van der Waals surface area (Å²) in [6, 6.07) is 11.9. The summed E-state index contributed by atoms with van der Waals surface area (Å²) in [6.45, 7) is 17.6. The Morgan fingerprint density at radius 1 is 0.435 bits per heavy atom.